The van der Waals surface area contributed by atoms with Crippen molar-refractivity contribution in [3.63, 3.8) is 0 Å². The predicted molar refractivity (Wildman–Crippen MR) is 101 cm³/mol. The predicted octanol–water partition coefficient (Wildman–Crippen LogP) is -2.17. The van der Waals surface area contributed by atoms with Gasteiger partial charge in [-0.2, -0.15) is 0 Å². The van der Waals surface area contributed by atoms with Gasteiger partial charge >= 0.3 is 0 Å². The van der Waals surface area contributed by atoms with Crippen LogP contribution in [0.4, 0.5) is 0 Å². The van der Waals surface area contributed by atoms with Crippen molar-refractivity contribution in [2.24, 2.45) is 0 Å². The first-order chi connectivity index (χ1) is 13.3. The first-order valence-corrected chi connectivity index (χ1v) is 8.64. The van der Waals surface area contributed by atoms with Gasteiger partial charge in [-0.1, -0.05) is 30.3 Å². The van der Waals surface area contributed by atoms with Gasteiger partial charge in [-0.25, -0.2) is 0 Å². The molecule has 0 aliphatic carbocycles. The summed E-state index contributed by atoms with van der Waals surface area (Å²) >= 11 is 0. The zero-order valence-corrected chi connectivity index (χ0v) is 15.8. The number of likely N-dealkylation sites (N-methyl/N-ethyl adjacent to an activating group) is 1. The van der Waals surface area contributed by atoms with E-state index < -0.39 is 23.8 Å². The molecule has 0 aliphatic rings. The third kappa shape index (κ3) is 9.32. The van der Waals surface area contributed by atoms with Crippen LogP contribution in [0, 0.1) is 0 Å². The second-order valence-corrected chi connectivity index (χ2v) is 5.89. The first-order valence-electron chi connectivity index (χ1n) is 8.64. The van der Waals surface area contributed by atoms with Gasteiger partial charge in [-0.15, -0.1) is 0 Å². The Balaban J connectivity index is 2.63. The van der Waals surface area contributed by atoms with Crippen molar-refractivity contribution in [3.05, 3.63) is 35.9 Å². The lowest BCUT2D eigenvalue weighted by Crippen LogP contribution is -2.52. The Hall–Kier alpha value is -3.43. The average Bonchev–Trinajstić information content (AvgIpc) is 2.68. The van der Waals surface area contributed by atoms with Crippen LogP contribution in [-0.4, -0.2) is 62.3 Å². The Morgan fingerprint density at radius 3 is 2.04 bits per heavy atom. The molecule has 152 valence electrons. The van der Waals surface area contributed by atoms with Gasteiger partial charge in [-0.05, 0) is 5.56 Å². The van der Waals surface area contributed by atoms with Crippen LogP contribution in [0.2, 0.25) is 0 Å². The van der Waals surface area contributed by atoms with E-state index in [4.69, 9.17) is 0 Å². The zero-order valence-electron chi connectivity index (χ0n) is 15.8. The van der Waals surface area contributed by atoms with E-state index in [0.717, 1.165) is 5.56 Å². The van der Waals surface area contributed by atoms with Crippen LogP contribution < -0.4 is 26.6 Å². The summed E-state index contributed by atoms with van der Waals surface area (Å²) in [5.74, 6) is -2.37. The number of nitrogens with one attached hydrogen (secondary N) is 5. The van der Waals surface area contributed by atoms with Crippen LogP contribution in [0.3, 0.4) is 0 Å². The lowest BCUT2D eigenvalue weighted by Gasteiger charge is -2.19. The van der Waals surface area contributed by atoms with Crippen LogP contribution in [-0.2, 0) is 30.4 Å². The minimum absolute atomic E-state index is 0.214. The van der Waals surface area contributed by atoms with E-state index in [0.29, 0.717) is 0 Å². The fourth-order valence-corrected chi connectivity index (χ4v) is 2.13. The molecular formula is C18H25N5O5. The standard InChI is InChI=1S/C18H25N5O5/c1-12(24)20-10-16(26)21-11-17(27)23-14(8-13-6-4-3-5-7-13)18(28)22-9-15(25)19-2/h3-7,14H,8-11H2,1-2H3,(H,19,25)(H,20,24)(H,21,26)(H,22,28)(H,23,27)/t14-/m0/s1. The van der Waals surface area contributed by atoms with E-state index in [2.05, 4.69) is 26.6 Å². The number of carbonyl (C=O) groups excluding carboxylic acids is 5. The minimum atomic E-state index is -0.924. The molecule has 0 radical (unpaired) electrons. The van der Waals surface area contributed by atoms with Gasteiger partial charge in [0, 0.05) is 20.4 Å². The third-order valence-corrected chi connectivity index (χ3v) is 3.58. The Morgan fingerprint density at radius 1 is 0.821 bits per heavy atom. The van der Waals surface area contributed by atoms with Crippen LogP contribution in [0.15, 0.2) is 30.3 Å². The van der Waals surface area contributed by atoms with Gasteiger partial charge in [-0.3, -0.25) is 24.0 Å². The fraction of sp³-hybridized carbons (Fsp3) is 0.389. The number of rotatable bonds is 10. The van der Waals surface area contributed by atoms with Gasteiger partial charge in [0.05, 0.1) is 19.6 Å². The third-order valence-electron chi connectivity index (χ3n) is 3.58. The quantitative estimate of drug-likeness (QED) is 0.308. The van der Waals surface area contributed by atoms with Gasteiger partial charge in [0.15, 0.2) is 0 Å². The maximum absolute atomic E-state index is 12.4. The molecule has 0 aromatic heterocycles. The van der Waals surface area contributed by atoms with Crippen LogP contribution in [0.25, 0.3) is 0 Å². The van der Waals surface area contributed by atoms with Crippen molar-refractivity contribution in [2.45, 2.75) is 19.4 Å². The topological polar surface area (TPSA) is 146 Å². The molecule has 10 heteroatoms. The van der Waals surface area contributed by atoms with Crippen LogP contribution in [0.1, 0.15) is 12.5 Å². The Labute approximate surface area is 162 Å². The molecule has 5 amide bonds. The van der Waals surface area contributed by atoms with Gasteiger partial charge in [0.25, 0.3) is 0 Å². The maximum atomic E-state index is 12.4. The summed E-state index contributed by atoms with van der Waals surface area (Å²) in [6.45, 7) is 0.449. The second-order valence-electron chi connectivity index (χ2n) is 5.89. The normalized spacial score (nSPS) is 10.9. The molecule has 0 unspecified atom stereocenters. The van der Waals surface area contributed by atoms with Gasteiger partial charge in [0.2, 0.25) is 29.5 Å². The van der Waals surface area contributed by atoms with E-state index in [-0.39, 0.29) is 37.9 Å². The Bertz CT molecular complexity index is 708. The van der Waals surface area contributed by atoms with Gasteiger partial charge in [0.1, 0.15) is 6.04 Å². The van der Waals surface area contributed by atoms with Crippen molar-refractivity contribution < 1.29 is 24.0 Å². The molecule has 0 aliphatic heterocycles. The highest BCUT2D eigenvalue weighted by molar-refractivity contribution is 5.92. The molecule has 1 aromatic rings. The van der Waals surface area contributed by atoms with E-state index in [1.807, 2.05) is 6.07 Å². The summed E-state index contributed by atoms with van der Waals surface area (Å²) in [4.78, 5) is 58.1. The SMILES string of the molecule is CNC(=O)CNC(=O)[C@H](Cc1ccccc1)NC(=O)CNC(=O)CNC(C)=O. The Morgan fingerprint density at radius 2 is 1.43 bits per heavy atom. The molecule has 1 rings (SSSR count). The van der Waals surface area contributed by atoms with E-state index in [1.165, 1.54) is 14.0 Å². The summed E-state index contributed by atoms with van der Waals surface area (Å²) in [7, 11) is 1.45. The van der Waals surface area contributed by atoms with Crippen LogP contribution in [0.5, 0.6) is 0 Å². The second kappa shape index (κ2) is 12.0. The molecule has 10 nitrogen and oxygen atoms in total. The number of benzene rings is 1. The molecule has 0 saturated heterocycles. The Kier molecular flexibility index (Phi) is 9.73. The van der Waals surface area contributed by atoms with E-state index in [1.54, 1.807) is 24.3 Å². The molecule has 0 spiro atoms. The van der Waals surface area contributed by atoms with E-state index >= 15 is 0 Å². The summed E-state index contributed by atoms with van der Waals surface area (Å²) in [5, 5.41) is 12.0. The number of hydrogen-bond donors (Lipinski definition) is 5. The highest BCUT2D eigenvalue weighted by Gasteiger charge is 2.21. The highest BCUT2D eigenvalue weighted by Crippen LogP contribution is 2.03. The summed E-state index contributed by atoms with van der Waals surface area (Å²) < 4.78 is 0. The monoisotopic (exact) mass is 391 g/mol. The maximum Gasteiger partial charge on any atom is 0.243 e. The molecular weight excluding hydrogens is 366 g/mol. The molecule has 1 atom stereocenters. The molecule has 0 saturated carbocycles. The first kappa shape index (κ1) is 22.6. The zero-order chi connectivity index (χ0) is 20.9. The largest absolute Gasteiger partial charge is 0.358 e. The van der Waals surface area contributed by atoms with Gasteiger partial charge < -0.3 is 26.6 Å². The number of amides is 5. The lowest BCUT2D eigenvalue weighted by molar-refractivity contribution is -0.131. The molecule has 0 heterocycles. The molecule has 1 aromatic carbocycles. The summed E-state index contributed by atoms with van der Waals surface area (Å²) in [6, 6.07) is 8.12. The van der Waals surface area contributed by atoms with Crippen molar-refractivity contribution in [1.29, 1.82) is 0 Å². The summed E-state index contributed by atoms with van der Waals surface area (Å²) in [5.41, 5.74) is 0.817. The van der Waals surface area contributed by atoms with Crippen molar-refractivity contribution in [1.82, 2.24) is 26.6 Å². The molecule has 5 N–H and O–H groups in total. The minimum Gasteiger partial charge on any atom is -0.358 e. The summed E-state index contributed by atoms with van der Waals surface area (Å²) in [6.07, 6.45) is 0.214. The number of hydrogen-bond acceptors (Lipinski definition) is 5. The lowest BCUT2D eigenvalue weighted by atomic mass is 10.1. The molecule has 28 heavy (non-hydrogen) atoms. The average molecular weight is 391 g/mol. The van der Waals surface area contributed by atoms with Crippen LogP contribution >= 0.6 is 0 Å². The van der Waals surface area contributed by atoms with Crippen molar-refractivity contribution in [2.75, 3.05) is 26.7 Å². The van der Waals surface area contributed by atoms with Crippen molar-refractivity contribution >= 4 is 29.5 Å². The van der Waals surface area contributed by atoms with E-state index in [9.17, 15) is 24.0 Å². The number of carbonyl (C=O) groups is 5. The van der Waals surface area contributed by atoms with Crippen molar-refractivity contribution in [3.8, 4) is 0 Å². The molecule has 0 fully saturated rings. The molecule has 0 bridgehead atoms. The fourth-order valence-electron chi connectivity index (χ4n) is 2.13. The highest BCUT2D eigenvalue weighted by atomic mass is 16.2. The smallest absolute Gasteiger partial charge is 0.243 e.